The maximum absolute atomic E-state index is 11.9. The summed E-state index contributed by atoms with van der Waals surface area (Å²) in [5, 5.41) is 15.9. The van der Waals surface area contributed by atoms with Crippen molar-refractivity contribution in [3.8, 4) is 0 Å². The average molecular weight is 281 g/mol. The normalized spacial score (nSPS) is 13.8. The van der Waals surface area contributed by atoms with Crippen molar-refractivity contribution in [1.29, 1.82) is 0 Å². The van der Waals surface area contributed by atoms with E-state index in [0.29, 0.717) is 12.8 Å². The number of hydrogen-bond acceptors (Lipinski definition) is 3. The summed E-state index contributed by atoms with van der Waals surface area (Å²) in [6, 6.07) is 1.05. The minimum absolute atomic E-state index is 0.0974. The Hall–Kier alpha value is -1.85. The largest absolute Gasteiger partial charge is 0.480 e. The van der Waals surface area contributed by atoms with Crippen LogP contribution in [0, 0.1) is 13.8 Å². The SMILES string of the molecule is CCCC(NC(=O)CC(C)n1nc(C)cc1C)C(=O)O. The summed E-state index contributed by atoms with van der Waals surface area (Å²) < 4.78 is 1.80. The van der Waals surface area contributed by atoms with Gasteiger partial charge in [0, 0.05) is 12.1 Å². The van der Waals surface area contributed by atoms with Gasteiger partial charge in [0.15, 0.2) is 0 Å². The fourth-order valence-electron chi connectivity index (χ4n) is 2.25. The summed E-state index contributed by atoms with van der Waals surface area (Å²) in [6.45, 7) is 7.62. The Balaban J connectivity index is 2.61. The number of carbonyl (C=O) groups excluding carboxylic acids is 1. The highest BCUT2D eigenvalue weighted by Crippen LogP contribution is 2.14. The second-order valence-corrected chi connectivity index (χ2v) is 5.17. The molecule has 2 atom stereocenters. The number of hydrogen-bond donors (Lipinski definition) is 2. The predicted octanol–water partition coefficient (Wildman–Crippen LogP) is 1.82. The molecule has 1 aromatic rings. The van der Waals surface area contributed by atoms with Gasteiger partial charge in [-0.3, -0.25) is 9.48 Å². The Kier molecular flexibility index (Phi) is 5.73. The smallest absolute Gasteiger partial charge is 0.326 e. The molecule has 0 fully saturated rings. The van der Waals surface area contributed by atoms with E-state index in [2.05, 4.69) is 10.4 Å². The van der Waals surface area contributed by atoms with Crippen LogP contribution in [-0.4, -0.2) is 32.8 Å². The Morgan fingerprint density at radius 3 is 2.55 bits per heavy atom. The van der Waals surface area contributed by atoms with Crippen LogP contribution in [0.15, 0.2) is 6.07 Å². The number of carboxylic acids is 1. The lowest BCUT2D eigenvalue weighted by atomic mass is 10.1. The number of nitrogens with one attached hydrogen (secondary N) is 1. The third-order valence-corrected chi connectivity index (χ3v) is 3.15. The highest BCUT2D eigenvalue weighted by Gasteiger charge is 2.21. The Morgan fingerprint density at radius 1 is 1.45 bits per heavy atom. The molecule has 1 rings (SSSR count). The maximum Gasteiger partial charge on any atom is 0.326 e. The van der Waals surface area contributed by atoms with Crippen molar-refractivity contribution in [2.45, 2.75) is 59.0 Å². The molecule has 20 heavy (non-hydrogen) atoms. The molecule has 1 amide bonds. The van der Waals surface area contributed by atoms with Crippen LogP contribution in [0.1, 0.15) is 50.5 Å². The molecule has 6 nitrogen and oxygen atoms in total. The van der Waals surface area contributed by atoms with Crippen LogP contribution in [0.2, 0.25) is 0 Å². The third-order valence-electron chi connectivity index (χ3n) is 3.15. The molecule has 0 spiro atoms. The molecule has 6 heteroatoms. The third kappa shape index (κ3) is 4.36. The second-order valence-electron chi connectivity index (χ2n) is 5.17. The molecular formula is C14H23N3O3. The number of aryl methyl sites for hydroxylation is 2. The number of rotatable bonds is 7. The molecule has 0 aliphatic rings. The van der Waals surface area contributed by atoms with Gasteiger partial charge in [0.1, 0.15) is 6.04 Å². The van der Waals surface area contributed by atoms with Gasteiger partial charge >= 0.3 is 5.97 Å². The minimum Gasteiger partial charge on any atom is -0.480 e. The van der Waals surface area contributed by atoms with E-state index < -0.39 is 12.0 Å². The predicted molar refractivity (Wildman–Crippen MR) is 75.5 cm³/mol. The molecule has 1 heterocycles. The molecule has 0 aliphatic heterocycles. The van der Waals surface area contributed by atoms with Crippen molar-refractivity contribution in [1.82, 2.24) is 15.1 Å². The summed E-state index contributed by atoms with van der Waals surface area (Å²) in [4.78, 5) is 22.9. The molecule has 0 aliphatic carbocycles. The fourth-order valence-corrected chi connectivity index (χ4v) is 2.25. The molecule has 112 valence electrons. The second kappa shape index (κ2) is 7.07. The van der Waals surface area contributed by atoms with Crippen molar-refractivity contribution in [3.63, 3.8) is 0 Å². The topological polar surface area (TPSA) is 84.2 Å². The highest BCUT2D eigenvalue weighted by molar-refractivity contribution is 5.83. The quantitative estimate of drug-likeness (QED) is 0.798. The minimum atomic E-state index is -0.987. The van der Waals surface area contributed by atoms with E-state index in [1.165, 1.54) is 0 Å². The van der Waals surface area contributed by atoms with Gasteiger partial charge in [-0.1, -0.05) is 13.3 Å². The van der Waals surface area contributed by atoms with Gasteiger partial charge in [0.05, 0.1) is 11.7 Å². The molecule has 2 N–H and O–H groups in total. The Bertz CT molecular complexity index is 482. The Labute approximate surface area is 119 Å². The highest BCUT2D eigenvalue weighted by atomic mass is 16.4. The number of aliphatic carboxylic acids is 1. The maximum atomic E-state index is 11.9. The first-order chi connectivity index (χ1) is 9.35. The zero-order valence-electron chi connectivity index (χ0n) is 12.5. The van der Waals surface area contributed by atoms with Crippen LogP contribution in [0.5, 0.6) is 0 Å². The molecule has 0 aromatic carbocycles. The Morgan fingerprint density at radius 2 is 2.10 bits per heavy atom. The zero-order chi connectivity index (χ0) is 15.3. The van der Waals surface area contributed by atoms with Gasteiger partial charge in [0.2, 0.25) is 5.91 Å². The molecule has 0 saturated heterocycles. The lowest BCUT2D eigenvalue weighted by Gasteiger charge is -2.17. The van der Waals surface area contributed by atoms with Gasteiger partial charge in [0.25, 0.3) is 0 Å². The number of nitrogens with zero attached hydrogens (tertiary/aromatic N) is 2. The molecular weight excluding hydrogens is 258 g/mol. The number of carboxylic acid groups (broad SMARTS) is 1. The molecule has 2 unspecified atom stereocenters. The lowest BCUT2D eigenvalue weighted by Crippen LogP contribution is -2.41. The molecule has 0 saturated carbocycles. The lowest BCUT2D eigenvalue weighted by molar-refractivity contribution is -0.142. The number of aromatic nitrogens is 2. The molecule has 1 aromatic heterocycles. The van der Waals surface area contributed by atoms with Crippen molar-refractivity contribution >= 4 is 11.9 Å². The van der Waals surface area contributed by atoms with E-state index in [1.807, 2.05) is 33.8 Å². The van der Waals surface area contributed by atoms with E-state index in [4.69, 9.17) is 5.11 Å². The van der Waals surface area contributed by atoms with E-state index in [9.17, 15) is 9.59 Å². The first kappa shape index (κ1) is 16.2. The summed E-state index contributed by atoms with van der Waals surface area (Å²) in [5.74, 6) is -1.25. The van der Waals surface area contributed by atoms with Crippen LogP contribution in [-0.2, 0) is 9.59 Å². The van der Waals surface area contributed by atoms with Gasteiger partial charge in [-0.25, -0.2) is 4.79 Å². The van der Waals surface area contributed by atoms with Crippen LogP contribution in [0.4, 0.5) is 0 Å². The number of amides is 1. The molecule has 0 bridgehead atoms. The van der Waals surface area contributed by atoms with E-state index in [-0.39, 0.29) is 18.4 Å². The van der Waals surface area contributed by atoms with Crippen LogP contribution in [0.25, 0.3) is 0 Å². The summed E-state index contributed by atoms with van der Waals surface area (Å²) in [7, 11) is 0. The average Bonchev–Trinajstić information content (AvgIpc) is 2.67. The van der Waals surface area contributed by atoms with Crippen molar-refractivity contribution in [2.75, 3.05) is 0 Å². The monoisotopic (exact) mass is 281 g/mol. The first-order valence-electron chi connectivity index (χ1n) is 6.90. The van der Waals surface area contributed by atoms with Crippen molar-refractivity contribution in [2.24, 2.45) is 0 Å². The van der Waals surface area contributed by atoms with E-state index in [1.54, 1.807) is 4.68 Å². The van der Waals surface area contributed by atoms with Gasteiger partial charge in [-0.15, -0.1) is 0 Å². The van der Waals surface area contributed by atoms with Gasteiger partial charge in [-0.2, -0.15) is 5.10 Å². The standard InChI is InChI=1S/C14H23N3O3/c1-5-6-12(14(19)20)15-13(18)8-11(4)17-10(3)7-9(2)16-17/h7,11-12H,5-6,8H2,1-4H3,(H,15,18)(H,19,20). The van der Waals surface area contributed by atoms with Crippen LogP contribution < -0.4 is 5.32 Å². The first-order valence-corrected chi connectivity index (χ1v) is 6.90. The van der Waals surface area contributed by atoms with Crippen LogP contribution in [0.3, 0.4) is 0 Å². The van der Waals surface area contributed by atoms with Crippen LogP contribution >= 0.6 is 0 Å². The van der Waals surface area contributed by atoms with E-state index in [0.717, 1.165) is 11.4 Å². The fraction of sp³-hybridized carbons (Fsp3) is 0.643. The van der Waals surface area contributed by atoms with Crippen molar-refractivity contribution < 1.29 is 14.7 Å². The van der Waals surface area contributed by atoms with Gasteiger partial charge < -0.3 is 10.4 Å². The van der Waals surface area contributed by atoms with Crippen molar-refractivity contribution in [3.05, 3.63) is 17.5 Å². The summed E-state index contributed by atoms with van der Waals surface area (Å²) in [5.41, 5.74) is 1.90. The summed E-state index contributed by atoms with van der Waals surface area (Å²) in [6.07, 6.45) is 1.37. The zero-order valence-corrected chi connectivity index (χ0v) is 12.5. The number of carbonyl (C=O) groups is 2. The van der Waals surface area contributed by atoms with E-state index >= 15 is 0 Å². The van der Waals surface area contributed by atoms with Gasteiger partial charge in [-0.05, 0) is 33.3 Å². The summed E-state index contributed by atoms with van der Waals surface area (Å²) >= 11 is 0. The molecule has 0 radical (unpaired) electrons.